The van der Waals surface area contributed by atoms with Crippen molar-refractivity contribution in [3.05, 3.63) is 53.3 Å². The molecule has 116 valence electrons. The zero-order valence-corrected chi connectivity index (χ0v) is 13.3. The Bertz CT molecular complexity index is 668. The lowest BCUT2D eigenvalue weighted by Gasteiger charge is -2.30. The molecule has 0 bridgehead atoms. The van der Waals surface area contributed by atoms with Gasteiger partial charge in [0.1, 0.15) is 0 Å². The first-order valence-electron chi connectivity index (χ1n) is 7.95. The number of carbonyl (C=O) groups excluding carboxylic acids is 1. The van der Waals surface area contributed by atoms with Crippen molar-refractivity contribution in [1.82, 2.24) is 15.1 Å². The maximum atomic E-state index is 13.0. The molecule has 0 saturated heterocycles. The molecule has 1 aromatic heterocycles. The average Bonchev–Trinajstić information content (AvgIpc) is 3.15. The van der Waals surface area contributed by atoms with E-state index in [0.29, 0.717) is 6.54 Å². The van der Waals surface area contributed by atoms with Crippen molar-refractivity contribution in [2.75, 3.05) is 0 Å². The number of amides is 1. The first-order valence-corrected chi connectivity index (χ1v) is 7.95. The van der Waals surface area contributed by atoms with Crippen LogP contribution in [-0.2, 0) is 23.8 Å². The molecule has 0 radical (unpaired) electrons. The molecule has 1 saturated carbocycles. The van der Waals surface area contributed by atoms with Crippen LogP contribution < -0.4 is 5.32 Å². The highest BCUT2D eigenvalue weighted by Gasteiger charge is 2.43. The van der Waals surface area contributed by atoms with Crippen LogP contribution in [0.3, 0.4) is 0 Å². The second kappa shape index (κ2) is 5.95. The van der Waals surface area contributed by atoms with E-state index >= 15 is 0 Å². The van der Waals surface area contributed by atoms with Crippen LogP contribution in [0, 0.1) is 6.92 Å². The summed E-state index contributed by atoms with van der Waals surface area (Å²) < 4.78 is 1.80. The minimum absolute atomic E-state index is 0.153. The standard InChI is InChI=1S/C18H23N3O/c1-14-7-3-4-8-16(14)18(10-5-6-11-18)17(22)19-13-15-9-12-20-21(15)2/h3-4,7-9,12H,5-6,10-11,13H2,1-2H3,(H,19,22). The number of aromatic nitrogens is 2. The smallest absolute Gasteiger partial charge is 0.230 e. The number of aryl methyl sites for hydroxylation is 2. The second-order valence-corrected chi connectivity index (χ2v) is 6.23. The fourth-order valence-corrected chi connectivity index (χ4v) is 3.62. The van der Waals surface area contributed by atoms with Crippen molar-refractivity contribution in [2.24, 2.45) is 7.05 Å². The summed E-state index contributed by atoms with van der Waals surface area (Å²) in [6.07, 6.45) is 5.87. The number of hydrogen-bond acceptors (Lipinski definition) is 2. The largest absolute Gasteiger partial charge is 0.350 e. The summed E-state index contributed by atoms with van der Waals surface area (Å²) in [5.74, 6) is 0.153. The Labute approximate surface area is 131 Å². The van der Waals surface area contributed by atoms with Crippen molar-refractivity contribution in [3.63, 3.8) is 0 Å². The fraction of sp³-hybridized carbons (Fsp3) is 0.444. The van der Waals surface area contributed by atoms with E-state index in [1.54, 1.807) is 10.9 Å². The Morgan fingerprint density at radius 2 is 2.00 bits per heavy atom. The zero-order chi connectivity index (χ0) is 15.6. The topological polar surface area (TPSA) is 46.9 Å². The monoisotopic (exact) mass is 297 g/mol. The van der Waals surface area contributed by atoms with E-state index in [1.165, 1.54) is 11.1 Å². The van der Waals surface area contributed by atoms with Crippen molar-refractivity contribution in [2.45, 2.75) is 44.6 Å². The van der Waals surface area contributed by atoms with Gasteiger partial charge in [0.25, 0.3) is 0 Å². The quantitative estimate of drug-likeness (QED) is 0.943. The van der Waals surface area contributed by atoms with Crippen LogP contribution in [0.5, 0.6) is 0 Å². The van der Waals surface area contributed by atoms with Crippen LogP contribution >= 0.6 is 0 Å². The minimum atomic E-state index is -0.357. The summed E-state index contributed by atoms with van der Waals surface area (Å²) in [6, 6.07) is 10.2. The number of hydrogen-bond donors (Lipinski definition) is 1. The molecule has 22 heavy (non-hydrogen) atoms. The normalized spacial score (nSPS) is 16.6. The van der Waals surface area contributed by atoms with Crippen LogP contribution in [0.1, 0.15) is 42.5 Å². The first-order chi connectivity index (χ1) is 10.6. The molecule has 4 heteroatoms. The van der Waals surface area contributed by atoms with Gasteiger partial charge < -0.3 is 5.32 Å². The van der Waals surface area contributed by atoms with E-state index in [-0.39, 0.29) is 11.3 Å². The Balaban J connectivity index is 1.83. The van der Waals surface area contributed by atoms with E-state index in [9.17, 15) is 4.79 Å². The maximum absolute atomic E-state index is 13.0. The summed E-state index contributed by atoms with van der Waals surface area (Å²) in [7, 11) is 1.90. The van der Waals surface area contributed by atoms with Gasteiger partial charge in [-0.15, -0.1) is 0 Å². The molecule has 1 aliphatic carbocycles. The van der Waals surface area contributed by atoms with Crippen LogP contribution in [0.25, 0.3) is 0 Å². The summed E-state index contributed by atoms with van der Waals surface area (Å²) in [5.41, 5.74) is 3.06. The van der Waals surface area contributed by atoms with E-state index < -0.39 is 0 Å². The van der Waals surface area contributed by atoms with Crippen LogP contribution in [0.4, 0.5) is 0 Å². The molecule has 4 nitrogen and oxygen atoms in total. The third-order valence-corrected chi connectivity index (χ3v) is 4.90. The molecule has 2 aromatic rings. The molecule has 1 heterocycles. The molecule has 1 N–H and O–H groups in total. The van der Waals surface area contributed by atoms with Crippen LogP contribution in [0.15, 0.2) is 36.5 Å². The Morgan fingerprint density at radius 1 is 1.27 bits per heavy atom. The van der Waals surface area contributed by atoms with E-state index in [1.807, 2.05) is 25.2 Å². The molecule has 1 aromatic carbocycles. The van der Waals surface area contributed by atoms with Gasteiger partial charge in [0.2, 0.25) is 5.91 Å². The molecule has 0 spiro atoms. The summed E-state index contributed by atoms with van der Waals surface area (Å²) in [4.78, 5) is 13.0. The number of carbonyl (C=O) groups is 1. The maximum Gasteiger partial charge on any atom is 0.230 e. The van der Waals surface area contributed by atoms with E-state index in [4.69, 9.17) is 0 Å². The van der Waals surface area contributed by atoms with Gasteiger partial charge in [-0.2, -0.15) is 5.10 Å². The van der Waals surface area contributed by atoms with Gasteiger partial charge in [-0.3, -0.25) is 9.48 Å². The molecule has 0 unspecified atom stereocenters. The second-order valence-electron chi connectivity index (χ2n) is 6.23. The molecule has 0 atom stereocenters. The molecule has 3 rings (SSSR count). The van der Waals surface area contributed by atoms with Crippen molar-refractivity contribution < 1.29 is 4.79 Å². The predicted octanol–water partition coefficient (Wildman–Crippen LogP) is 2.86. The lowest BCUT2D eigenvalue weighted by molar-refractivity contribution is -0.126. The van der Waals surface area contributed by atoms with Crippen molar-refractivity contribution in [3.8, 4) is 0 Å². The third-order valence-electron chi connectivity index (χ3n) is 4.90. The highest BCUT2D eigenvalue weighted by atomic mass is 16.2. The number of nitrogens with zero attached hydrogens (tertiary/aromatic N) is 2. The molecular weight excluding hydrogens is 274 g/mol. The molecular formula is C18H23N3O. The Kier molecular flexibility index (Phi) is 4.01. The summed E-state index contributed by atoms with van der Waals surface area (Å²) in [5, 5.41) is 7.28. The number of rotatable bonds is 4. The molecule has 0 aliphatic heterocycles. The van der Waals surface area contributed by atoms with Gasteiger partial charge in [-0.25, -0.2) is 0 Å². The minimum Gasteiger partial charge on any atom is -0.350 e. The lowest BCUT2D eigenvalue weighted by atomic mass is 9.76. The lowest BCUT2D eigenvalue weighted by Crippen LogP contribution is -2.43. The van der Waals surface area contributed by atoms with E-state index in [0.717, 1.165) is 31.4 Å². The van der Waals surface area contributed by atoms with Gasteiger partial charge in [0.15, 0.2) is 0 Å². The van der Waals surface area contributed by atoms with E-state index in [2.05, 4.69) is 29.5 Å². The third kappa shape index (κ3) is 2.54. The van der Waals surface area contributed by atoms with Gasteiger partial charge in [0.05, 0.1) is 17.7 Å². The van der Waals surface area contributed by atoms with Crippen molar-refractivity contribution >= 4 is 5.91 Å². The van der Waals surface area contributed by atoms with Crippen LogP contribution in [-0.4, -0.2) is 15.7 Å². The Morgan fingerprint density at radius 3 is 2.64 bits per heavy atom. The van der Waals surface area contributed by atoms with Gasteiger partial charge >= 0.3 is 0 Å². The predicted molar refractivity (Wildman–Crippen MR) is 86.4 cm³/mol. The average molecular weight is 297 g/mol. The molecule has 1 fully saturated rings. The summed E-state index contributed by atoms with van der Waals surface area (Å²) in [6.45, 7) is 2.63. The SMILES string of the molecule is Cc1ccccc1C1(C(=O)NCc2ccnn2C)CCCC1. The summed E-state index contributed by atoms with van der Waals surface area (Å²) >= 11 is 0. The van der Waals surface area contributed by atoms with Gasteiger partial charge in [-0.05, 0) is 37.0 Å². The van der Waals surface area contributed by atoms with Gasteiger partial charge in [0, 0.05) is 13.2 Å². The molecule has 1 aliphatic rings. The first kappa shape index (κ1) is 14.8. The molecule has 1 amide bonds. The Hall–Kier alpha value is -2.10. The highest BCUT2D eigenvalue weighted by Crippen LogP contribution is 2.42. The van der Waals surface area contributed by atoms with Crippen LogP contribution in [0.2, 0.25) is 0 Å². The fourth-order valence-electron chi connectivity index (χ4n) is 3.62. The van der Waals surface area contributed by atoms with Gasteiger partial charge in [-0.1, -0.05) is 37.1 Å². The zero-order valence-electron chi connectivity index (χ0n) is 13.3. The number of benzene rings is 1. The highest BCUT2D eigenvalue weighted by molar-refractivity contribution is 5.89. The number of nitrogens with one attached hydrogen (secondary N) is 1. The van der Waals surface area contributed by atoms with Crippen molar-refractivity contribution in [1.29, 1.82) is 0 Å².